The lowest BCUT2D eigenvalue weighted by atomic mass is 10.5. The van der Waals surface area contributed by atoms with Crippen LogP contribution in [0.1, 0.15) is 4.88 Å². The van der Waals surface area contributed by atoms with Crippen molar-refractivity contribution in [3.05, 3.63) is 17.0 Å². The van der Waals surface area contributed by atoms with Crippen molar-refractivity contribution >= 4 is 21.6 Å². The fourth-order valence-corrected chi connectivity index (χ4v) is 2.11. The number of rotatable bonds is 1. The van der Waals surface area contributed by atoms with E-state index in [1.165, 1.54) is 0 Å². The number of halogens is 4. The summed E-state index contributed by atoms with van der Waals surface area (Å²) >= 11 is -0.141. The Bertz CT molecular complexity index is 402. The Morgan fingerprint density at radius 1 is 1.23 bits per heavy atom. The zero-order valence-electron chi connectivity index (χ0n) is 5.80. The zero-order valence-corrected chi connectivity index (χ0v) is 7.43. The van der Waals surface area contributed by atoms with Crippen molar-refractivity contribution in [1.29, 1.82) is 0 Å². The molecular formula is C5H2F4O2S2. The molecule has 8 heteroatoms. The van der Waals surface area contributed by atoms with Gasteiger partial charge in [-0.05, 0) is 12.1 Å². The van der Waals surface area contributed by atoms with Crippen molar-refractivity contribution in [3.8, 4) is 0 Å². The highest BCUT2D eigenvalue weighted by Gasteiger charge is 2.33. The van der Waals surface area contributed by atoms with E-state index in [0.717, 1.165) is 0 Å². The van der Waals surface area contributed by atoms with E-state index in [4.69, 9.17) is 0 Å². The molecule has 1 rings (SSSR count). The lowest BCUT2D eigenvalue weighted by molar-refractivity contribution is -0.134. The molecule has 1 aromatic heterocycles. The average Bonchev–Trinajstić information content (AvgIpc) is 2.28. The molecule has 0 N–H and O–H groups in total. The third kappa shape index (κ3) is 2.41. The van der Waals surface area contributed by atoms with Gasteiger partial charge in [-0.15, -0.1) is 11.3 Å². The van der Waals surface area contributed by atoms with Crippen LogP contribution in [0.4, 0.5) is 17.1 Å². The number of thiophene rings is 1. The van der Waals surface area contributed by atoms with E-state index >= 15 is 0 Å². The Morgan fingerprint density at radius 3 is 2.00 bits per heavy atom. The van der Waals surface area contributed by atoms with Gasteiger partial charge in [-0.25, -0.2) is 0 Å². The van der Waals surface area contributed by atoms with E-state index in [-0.39, 0.29) is 11.3 Å². The van der Waals surface area contributed by atoms with Gasteiger partial charge in [0, 0.05) is 0 Å². The number of hydrogen-bond acceptors (Lipinski definition) is 3. The highest BCUT2D eigenvalue weighted by Crippen LogP contribution is 2.36. The fraction of sp³-hybridized carbons (Fsp3) is 0.200. The summed E-state index contributed by atoms with van der Waals surface area (Å²) in [7, 11) is -5.02. The highest BCUT2D eigenvalue weighted by atomic mass is 32.3. The van der Waals surface area contributed by atoms with E-state index in [2.05, 4.69) is 0 Å². The van der Waals surface area contributed by atoms with Gasteiger partial charge >= 0.3 is 16.4 Å². The molecule has 0 saturated carbocycles. The topological polar surface area (TPSA) is 34.1 Å². The standard InChI is InChI=1S/C5H2F4O2S2/c6-5(7,8)3-1-2-4(12-3)13(9,10)11/h1-2H. The summed E-state index contributed by atoms with van der Waals surface area (Å²) in [6.07, 6.45) is -4.63. The molecule has 1 heterocycles. The van der Waals surface area contributed by atoms with Crippen LogP contribution in [-0.2, 0) is 16.4 Å². The van der Waals surface area contributed by atoms with Crippen molar-refractivity contribution in [2.45, 2.75) is 10.4 Å². The summed E-state index contributed by atoms with van der Waals surface area (Å²) in [5, 5.41) is 0. The summed E-state index contributed by atoms with van der Waals surface area (Å²) in [5.74, 6) is 0. The summed E-state index contributed by atoms with van der Waals surface area (Å²) in [5.41, 5.74) is 0. The predicted octanol–water partition coefficient (Wildman–Crippen LogP) is 2.43. The minimum atomic E-state index is -5.02. The molecule has 13 heavy (non-hydrogen) atoms. The van der Waals surface area contributed by atoms with Crippen molar-refractivity contribution < 1.29 is 25.5 Å². The molecule has 2 nitrogen and oxygen atoms in total. The Hall–Kier alpha value is -0.630. The second kappa shape index (κ2) is 2.95. The second-order valence-corrected chi connectivity index (χ2v) is 4.71. The van der Waals surface area contributed by atoms with Crippen molar-refractivity contribution in [2.75, 3.05) is 0 Å². The molecule has 0 fully saturated rings. The minimum absolute atomic E-state index is 0.141. The first-order chi connectivity index (χ1) is 5.71. The molecule has 0 amide bonds. The van der Waals surface area contributed by atoms with Gasteiger partial charge in [0.1, 0.15) is 4.88 Å². The van der Waals surface area contributed by atoms with Gasteiger partial charge in [0.05, 0.1) is 0 Å². The van der Waals surface area contributed by atoms with E-state index < -0.39 is 25.5 Å². The average molecular weight is 234 g/mol. The monoisotopic (exact) mass is 234 g/mol. The Balaban J connectivity index is 3.16. The molecule has 0 bridgehead atoms. The molecule has 0 spiro atoms. The highest BCUT2D eigenvalue weighted by molar-refractivity contribution is 7.88. The van der Waals surface area contributed by atoms with E-state index in [1.807, 2.05) is 0 Å². The SMILES string of the molecule is O=S(=O)(F)c1ccc(C(F)(F)F)s1. The van der Waals surface area contributed by atoms with E-state index in [0.29, 0.717) is 12.1 Å². The van der Waals surface area contributed by atoms with Crippen LogP contribution < -0.4 is 0 Å². The van der Waals surface area contributed by atoms with Crippen LogP contribution in [-0.4, -0.2) is 8.42 Å². The number of hydrogen-bond donors (Lipinski definition) is 0. The maximum Gasteiger partial charge on any atom is 0.425 e. The minimum Gasteiger partial charge on any atom is -0.188 e. The molecule has 0 aliphatic rings. The first-order valence-electron chi connectivity index (χ1n) is 2.83. The van der Waals surface area contributed by atoms with Crippen LogP contribution in [0.15, 0.2) is 16.3 Å². The number of alkyl halides is 3. The summed E-state index contributed by atoms with van der Waals surface area (Å²) in [6, 6.07) is 1.11. The lowest BCUT2D eigenvalue weighted by Crippen LogP contribution is -2.00. The van der Waals surface area contributed by atoms with Crippen molar-refractivity contribution in [2.24, 2.45) is 0 Å². The second-order valence-electron chi connectivity index (χ2n) is 2.05. The third-order valence-electron chi connectivity index (χ3n) is 1.10. The van der Waals surface area contributed by atoms with Crippen LogP contribution in [0.2, 0.25) is 0 Å². The molecule has 0 unspecified atom stereocenters. The first kappa shape index (κ1) is 10.5. The van der Waals surface area contributed by atoms with Crippen LogP contribution >= 0.6 is 11.3 Å². The molecule has 0 aromatic carbocycles. The molecule has 0 aliphatic carbocycles. The Kier molecular flexibility index (Phi) is 2.37. The third-order valence-corrected chi connectivity index (χ3v) is 3.49. The van der Waals surface area contributed by atoms with Crippen LogP contribution in [0.5, 0.6) is 0 Å². The van der Waals surface area contributed by atoms with Crippen LogP contribution in [0, 0.1) is 0 Å². The molecule has 0 radical (unpaired) electrons. The van der Waals surface area contributed by atoms with E-state index in [9.17, 15) is 25.5 Å². The quantitative estimate of drug-likeness (QED) is 0.552. The Morgan fingerprint density at radius 2 is 1.77 bits per heavy atom. The summed E-state index contributed by atoms with van der Waals surface area (Å²) < 4.78 is 67.2. The molecule has 0 atom stereocenters. The smallest absolute Gasteiger partial charge is 0.188 e. The van der Waals surface area contributed by atoms with Gasteiger partial charge in [-0.3, -0.25) is 0 Å². The molecule has 1 aromatic rings. The lowest BCUT2D eigenvalue weighted by Gasteiger charge is -1.99. The van der Waals surface area contributed by atoms with Crippen LogP contribution in [0.3, 0.4) is 0 Å². The van der Waals surface area contributed by atoms with Gasteiger partial charge in [0.15, 0.2) is 4.21 Å². The predicted molar refractivity (Wildman–Crippen MR) is 37.6 cm³/mol. The summed E-state index contributed by atoms with van der Waals surface area (Å²) in [4.78, 5) is -1.14. The maximum atomic E-state index is 12.1. The first-order valence-corrected chi connectivity index (χ1v) is 5.03. The molecular weight excluding hydrogens is 232 g/mol. The van der Waals surface area contributed by atoms with Gasteiger partial charge in [-0.1, -0.05) is 3.89 Å². The molecule has 74 valence electrons. The van der Waals surface area contributed by atoms with Crippen LogP contribution in [0.25, 0.3) is 0 Å². The molecule has 0 aliphatic heterocycles. The Labute approximate surface area is 75.0 Å². The fourth-order valence-electron chi connectivity index (χ4n) is 0.604. The van der Waals surface area contributed by atoms with Crippen molar-refractivity contribution in [1.82, 2.24) is 0 Å². The maximum absolute atomic E-state index is 12.1. The van der Waals surface area contributed by atoms with Gasteiger partial charge < -0.3 is 0 Å². The van der Waals surface area contributed by atoms with Gasteiger partial charge in [0.25, 0.3) is 0 Å². The van der Waals surface area contributed by atoms with Gasteiger partial charge in [-0.2, -0.15) is 21.6 Å². The van der Waals surface area contributed by atoms with E-state index in [1.54, 1.807) is 0 Å². The zero-order chi connectivity index (χ0) is 10.3. The largest absolute Gasteiger partial charge is 0.425 e. The summed E-state index contributed by atoms with van der Waals surface area (Å²) in [6.45, 7) is 0. The van der Waals surface area contributed by atoms with Crippen molar-refractivity contribution in [3.63, 3.8) is 0 Å². The van der Waals surface area contributed by atoms with Gasteiger partial charge in [0.2, 0.25) is 0 Å². The normalized spacial score (nSPS) is 13.2. The molecule has 0 saturated heterocycles.